The number of rotatable bonds is 1. The fraction of sp³-hybridized carbons (Fsp3) is 0.429. The van der Waals surface area contributed by atoms with E-state index >= 15 is 0 Å². The van der Waals surface area contributed by atoms with Gasteiger partial charge < -0.3 is 15.9 Å². The van der Waals surface area contributed by atoms with E-state index < -0.39 is 11.9 Å². The van der Waals surface area contributed by atoms with E-state index in [-0.39, 0.29) is 0 Å². The lowest BCUT2D eigenvalue weighted by atomic mass is 10.7. The third kappa shape index (κ3) is 3890. The van der Waals surface area contributed by atoms with E-state index in [2.05, 4.69) is 6.58 Å². The number of nitrogens with two attached hydrogens (primary N) is 1. The van der Waals surface area contributed by atoms with Gasteiger partial charge in [-0.15, -0.1) is 6.58 Å². The minimum Gasteiger partial charge on any atom is -0.481 e. The number of hydrogen-bond donors (Lipinski definition) is 3. The molecule has 0 saturated carbocycles. The lowest BCUT2D eigenvalue weighted by Crippen LogP contribution is -1.90. The highest BCUT2D eigenvalue weighted by molar-refractivity contribution is 5.63. The monoisotopic (exact) mass is 177 g/mol. The van der Waals surface area contributed by atoms with Crippen LogP contribution in [0.3, 0.4) is 0 Å². The predicted octanol–water partition coefficient (Wildman–Crippen LogP) is 0.313. The summed E-state index contributed by atoms with van der Waals surface area (Å²) < 4.78 is 0. The summed E-state index contributed by atoms with van der Waals surface area (Å²) in [6.07, 6.45) is 1.65. The van der Waals surface area contributed by atoms with Crippen molar-refractivity contribution in [2.75, 3.05) is 6.54 Å². The first-order valence-electron chi connectivity index (χ1n) is 3.08. The summed E-state index contributed by atoms with van der Waals surface area (Å²) in [6.45, 7) is 6.10. The van der Waals surface area contributed by atoms with E-state index in [1.807, 2.05) is 0 Å². The fourth-order valence-electron chi connectivity index (χ4n) is 0. The maximum absolute atomic E-state index is 9.00. The molecule has 0 aromatic heterocycles. The lowest BCUT2D eigenvalue weighted by molar-refractivity contribution is -0.135. The average Bonchev–Trinajstić information content (AvgIpc) is 1.85. The second-order valence-electron chi connectivity index (χ2n) is 1.56. The minimum atomic E-state index is -0.833. The molecular weight excluding hydrogens is 162 g/mol. The van der Waals surface area contributed by atoms with Gasteiger partial charge in [0.15, 0.2) is 0 Å². The Labute approximate surface area is 71.5 Å². The highest BCUT2D eigenvalue weighted by Gasteiger charge is 1.65. The summed E-state index contributed by atoms with van der Waals surface area (Å²) >= 11 is 0. The van der Waals surface area contributed by atoms with E-state index in [0.29, 0.717) is 6.54 Å². The first-order valence-corrected chi connectivity index (χ1v) is 3.08. The van der Waals surface area contributed by atoms with Gasteiger partial charge in [0, 0.05) is 20.4 Å². The number of carboxylic acid groups (broad SMARTS) is 2. The number of hydrogen-bond acceptors (Lipinski definition) is 3. The molecule has 0 bridgehead atoms. The van der Waals surface area contributed by atoms with Gasteiger partial charge in [0.1, 0.15) is 0 Å². The maximum Gasteiger partial charge on any atom is 0.300 e. The summed E-state index contributed by atoms with van der Waals surface area (Å²) in [5.41, 5.74) is 4.91. The van der Waals surface area contributed by atoms with Crippen LogP contribution < -0.4 is 5.73 Å². The van der Waals surface area contributed by atoms with Crippen LogP contribution in [-0.4, -0.2) is 28.7 Å². The van der Waals surface area contributed by atoms with Crippen LogP contribution >= 0.6 is 0 Å². The largest absolute Gasteiger partial charge is 0.481 e. The second kappa shape index (κ2) is 16.3. The molecule has 0 aliphatic rings. The molecule has 72 valence electrons. The van der Waals surface area contributed by atoms with Crippen molar-refractivity contribution in [3.05, 3.63) is 12.7 Å². The van der Waals surface area contributed by atoms with Crippen LogP contribution in [-0.2, 0) is 9.59 Å². The third-order valence-electron chi connectivity index (χ3n) is 0.167. The molecule has 0 aromatic carbocycles. The van der Waals surface area contributed by atoms with Crippen molar-refractivity contribution in [3.63, 3.8) is 0 Å². The van der Waals surface area contributed by atoms with Crippen LogP contribution in [0.15, 0.2) is 12.7 Å². The summed E-state index contributed by atoms with van der Waals surface area (Å²) in [5, 5.41) is 14.8. The van der Waals surface area contributed by atoms with Gasteiger partial charge in [0.25, 0.3) is 11.9 Å². The normalized spacial score (nSPS) is 6.25. The van der Waals surface area contributed by atoms with Crippen LogP contribution in [0.2, 0.25) is 0 Å². The van der Waals surface area contributed by atoms with Crippen LogP contribution in [0.25, 0.3) is 0 Å². The van der Waals surface area contributed by atoms with E-state index in [1.54, 1.807) is 6.08 Å². The summed E-state index contributed by atoms with van der Waals surface area (Å²) in [7, 11) is 0. The first-order chi connectivity index (χ1) is 5.38. The smallest absolute Gasteiger partial charge is 0.300 e. The summed E-state index contributed by atoms with van der Waals surface area (Å²) in [4.78, 5) is 18.0. The van der Waals surface area contributed by atoms with Gasteiger partial charge in [-0.05, 0) is 0 Å². The van der Waals surface area contributed by atoms with Gasteiger partial charge in [0.05, 0.1) is 0 Å². The Morgan fingerprint density at radius 1 is 1.33 bits per heavy atom. The molecule has 0 atom stereocenters. The Morgan fingerprint density at radius 2 is 1.42 bits per heavy atom. The van der Waals surface area contributed by atoms with Gasteiger partial charge in [-0.1, -0.05) is 6.08 Å². The molecule has 0 aliphatic heterocycles. The zero-order chi connectivity index (χ0) is 10.6. The van der Waals surface area contributed by atoms with Gasteiger partial charge in [-0.25, -0.2) is 0 Å². The molecule has 0 aromatic rings. The van der Waals surface area contributed by atoms with Crippen molar-refractivity contribution in [1.29, 1.82) is 0 Å². The minimum absolute atomic E-state index is 0.583. The van der Waals surface area contributed by atoms with Gasteiger partial charge in [-0.3, -0.25) is 9.59 Å². The van der Waals surface area contributed by atoms with Crippen LogP contribution in [0.4, 0.5) is 0 Å². The fourth-order valence-corrected chi connectivity index (χ4v) is 0. The molecule has 0 aliphatic carbocycles. The molecule has 0 saturated heterocycles. The number of carboxylic acids is 2. The average molecular weight is 177 g/mol. The Bertz CT molecular complexity index is 113. The summed E-state index contributed by atoms with van der Waals surface area (Å²) in [5.74, 6) is -1.67. The molecule has 5 nitrogen and oxygen atoms in total. The molecule has 4 N–H and O–H groups in total. The lowest BCUT2D eigenvalue weighted by Gasteiger charge is -1.61. The molecule has 0 spiro atoms. The Kier molecular flexibility index (Phi) is 23.0. The van der Waals surface area contributed by atoms with Gasteiger partial charge in [0.2, 0.25) is 0 Å². The zero-order valence-corrected chi connectivity index (χ0v) is 7.28. The van der Waals surface area contributed by atoms with Crippen molar-refractivity contribution < 1.29 is 19.8 Å². The third-order valence-corrected chi connectivity index (χ3v) is 0.167. The molecule has 12 heavy (non-hydrogen) atoms. The van der Waals surface area contributed by atoms with E-state index in [0.717, 1.165) is 13.8 Å². The molecule has 0 fully saturated rings. The van der Waals surface area contributed by atoms with Gasteiger partial charge in [-0.2, -0.15) is 0 Å². The maximum atomic E-state index is 9.00. The molecule has 0 heterocycles. The van der Waals surface area contributed by atoms with Crippen molar-refractivity contribution in [3.8, 4) is 0 Å². The molecule has 0 radical (unpaired) electrons. The van der Waals surface area contributed by atoms with Crippen LogP contribution in [0, 0.1) is 0 Å². The topological polar surface area (TPSA) is 101 Å². The molecule has 0 unspecified atom stereocenters. The predicted molar refractivity (Wildman–Crippen MR) is 45.9 cm³/mol. The van der Waals surface area contributed by atoms with E-state index in [4.69, 9.17) is 25.5 Å². The number of aliphatic carboxylic acids is 2. The SMILES string of the molecule is C=CCN.CC(=O)O.CC(=O)O. The van der Waals surface area contributed by atoms with Crippen molar-refractivity contribution in [2.24, 2.45) is 5.73 Å². The zero-order valence-electron chi connectivity index (χ0n) is 7.28. The molecule has 5 heteroatoms. The van der Waals surface area contributed by atoms with Crippen molar-refractivity contribution in [2.45, 2.75) is 13.8 Å². The number of carbonyl (C=O) groups is 2. The van der Waals surface area contributed by atoms with Crippen LogP contribution in [0.5, 0.6) is 0 Å². The standard InChI is InChI=1S/C3H7N.2C2H4O2/c1-2-3-4;2*1-2(3)4/h2H,1,3-4H2;2*1H3,(H,3,4). The van der Waals surface area contributed by atoms with Crippen molar-refractivity contribution >= 4 is 11.9 Å². The van der Waals surface area contributed by atoms with E-state index in [9.17, 15) is 0 Å². The second-order valence-corrected chi connectivity index (χ2v) is 1.56. The Morgan fingerprint density at radius 3 is 1.42 bits per heavy atom. The highest BCUT2D eigenvalue weighted by atomic mass is 16.4. The molecular formula is C7H15NO4. The highest BCUT2D eigenvalue weighted by Crippen LogP contribution is 1.42. The Balaban J connectivity index is -0.000000101. The van der Waals surface area contributed by atoms with Crippen molar-refractivity contribution in [1.82, 2.24) is 0 Å². The molecule has 0 rings (SSSR count). The van der Waals surface area contributed by atoms with Crippen LogP contribution in [0.1, 0.15) is 13.8 Å². The van der Waals surface area contributed by atoms with Gasteiger partial charge >= 0.3 is 0 Å². The first kappa shape index (κ1) is 16.9. The Hall–Kier alpha value is -1.36. The molecule has 0 amide bonds. The summed E-state index contributed by atoms with van der Waals surface area (Å²) in [6, 6.07) is 0. The quantitative estimate of drug-likeness (QED) is 0.500. The van der Waals surface area contributed by atoms with E-state index in [1.165, 1.54) is 0 Å².